The van der Waals surface area contributed by atoms with Crippen molar-refractivity contribution in [1.82, 2.24) is 0 Å². The zero-order valence-corrected chi connectivity index (χ0v) is 9.37. The first kappa shape index (κ1) is 10.0. The van der Waals surface area contributed by atoms with Crippen LogP contribution in [0.1, 0.15) is 29.5 Å². The summed E-state index contributed by atoms with van der Waals surface area (Å²) < 4.78 is 5.20. The summed E-state index contributed by atoms with van der Waals surface area (Å²) in [7, 11) is 0. The highest BCUT2D eigenvalue weighted by Crippen LogP contribution is 2.33. The first-order valence-electron chi connectivity index (χ1n) is 6.00. The summed E-state index contributed by atoms with van der Waals surface area (Å²) in [6.07, 6.45) is 6.00. The Morgan fingerprint density at radius 1 is 1.12 bits per heavy atom. The molecule has 0 spiro atoms. The van der Waals surface area contributed by atoms with Crippen molar-refractivity contribution in [3.63, 3.8) is 0 Å². The molecule has 3 rings (SSSR count). The minimum atomic E-state index is -0.341. The fourth-order valence-electron chi connectivity index (χ4n) is 2.67. The Morgan fingerprint density at radius 2 is 1.88 bits per heavy atom. The molecule has 0 unspecified atom stereocenters. The molecule has 1 fully saturated rings. The molecule has 84 valence electrons. The highest BCUT2D eigenvalue weighted by atomic mass is 16.5. The summed E-state index contributed by atoms with van der Waals surface area (Å²) in [5.41, 5.74) is 3.72. The predicted molar refractivity (Wildman–Crippen MR) is 61.6 cm³/mol. The van der Waals surface area contributed by atoms with Crippen LogP contribution in [-0.2, 0) is 27.8 Å². The van der Waals surface area contributed by atoms with Crippen LogP contribution in [0.2, 0.25) is 0 Å². The van der Waals surface area contributed by atoms with Gasteiger partial charge in [-0.15, -0.1) is 0 Å². The number of benzene rings is 1. The van der Waals surface area contributed by atoms with Crippen molar-refractivity contribution in [1.29, 1.82) is 0 Å². The Balaban J connectivity index is 1.99. The molecular weight excluding hydrogens is 200 g/mol. The molecule has 2 nitrogen and oxygen atoms in total. The van der Waals surface area contributed by atoms with Crippen LogP contribution in [0.15, 0.2) is 18.2 Å². The molecule has 0 amide bonds. The van der Waals surface area contributed by atoms with E-state index in [2.05, 4.69) is 18.2 Å². The summed E-state index contributed by atoms with van der Waals surface area (Å²) in [6, 6.07) is 6.54. The lowest BCUT2D eigenvalue weighted by atomic mass is 9.77. The first-order valence-corrected chi connectivity index (χ1v) is 6.00. The molecule has 0 radical (unpaired) electrons. The number of hydrogen-bond donors (Lipinski definition) is 0. The van der Waals surface area contributed by atoms with Crippen LogP contribution in [-0.4, -0.2) is 19.5 Å². The van der Waals surface area contributed by atoms with Gasteiger partial charge in [0.05, 0.1) is 18.6 Å². The van der Waals surface area contributed by atoms with Gasteiger partial charge in [-0.2, -0.15) is 0 Å². The number of aldehydes is 1. The van der Waals surface area contributed by atoms with Crippen LogP contribution >= 0.6 is 0 Å². The third-order valence-electron chi connectivity index (χ3n) is 3.87. The Labute approximate surface area is 95.6 Å². The standard InChI is InChI=1S/C14H16O2/c15-8-14(9-16-10-14)13-6-5-11-3-1-2-4-12(11)7-13/h5-8H,1-4,9-10H2. The topological polar surface area (TPSA) is 26.3 Å². The van der Waals surface area contributed by atoms with E-state index in [1.54, 1.807) is 0 Å². The fraction of sp³-hybridized carbons (Fsp3) is 0.500. The van der Waals surface area contributed by atoms with Crippen LogP contribution in [0.5, 0.6) is 0 Å². The van der Waals surface area contributed by atoms with Gasteiger partial charge in [0.2, 0.25) is 0 Å². The Hall–Kier alpha value is -1.15. The molecule has 0 atom stereocenters. The maximum Gasteiger partial charge on any atom is 0.135 e. The third kappa shape index (κ3) is 1.40. The molecule has 2 aliphatic rings. The van der Waals surface area contributed by atoms with Crippen molar-refractivity contribution in [2.75, 3.05) is 13.2 Å². The molecule has 2 heteroatoms. The second kappa shape index (κ2) is 3.70. The Kier molecular flexibility index (Phi) is 2.32. The van der Waals surface area contributed by atoms with Gasteiger partial charge in [0.15, 0.2) is 0 Å². The average Bonchev–Trinajstić information content (AvgIpc) is 2.28. The molecule has 1 aliphatic heterocycles. The van der Waals surface area contributed by atoms with E-state index in [0.29, 0.717) is 13.2 Å². The van der Waals surface area contributed by atoms with Crippen molar-refractivity contribution < 1.29 is 9.53 Å². The predicted octanol–water partition coefficient (Wildman–Crippen LogP) is 2.03. The molecular formula is C14H16O2. The molecule has 0 bridgehead atoms. The van der Waals surface area contributed by atoms with Gasteiger partial charge in [0, 0.05) is 0 Å². The van der Waals surface area contributed by atoms with Crippen LogP contribution in [0.25, 0.3) is 0 Å². The highest BCUT2D eigenvalue weighted by molar-refractivity contribution is 5.71. The highest BCUT2D eigenvalue weighted by Gasteiger charge is 2.40. The molecule has 1 aliphatic carbocycles. The lowest BCUT2D eigenvalue weighted by Gasteiger charge is -2.37. The number of ether oxygens (including phenoxy) is 1. The van der Waals surface area contributed by atoms with Crippen LogP contribution < -0.4 is 0 Å². The number of hydrogen-bond acceptors (Lipinski definition) is 2. The van der Waals surface area contributed by atoms with E-state index in [9.17, 15) is 4.79 Å². The zero-order valence-electron chi connectivity index (χ0n) is 9.37. The fourth-order valence-corrected chi connectivity index (χ4v) is 2.67. The smallest absolute Gasteiger partial charge is 0.135 e. The molecule has 1 saturated heterocycles. The van der Waals surface area contributed by atoms with E-state index in [0.717, 1.165) is 11.8 Å². The molecule has 1 aromatic carbocycles. The minimum Gasteiger partial charge on any atom is -0.379 e. The molecule has 0 aromatic heterocycles. The first-order chi connectivity index (χ1) is 7.84. The van der Waals surface area contributed by atoms with Crippen LogP contribution in [0.3, 0.4) is 0 Å². The second-order valence-corrected chi connectivity index (χ2v) is 4.96. The molecule has 16 heavy (non-hydrogen) atoms. The zero-order chi connectivity index (χ0) is 11.0. The maximum atomic E-state index is 11.2. The monoisotopic (exact) mass is 216 g/mol. The number of carbonyl (C=O) groups is 1. The molecule has 1 aromatic rings. The maximum absolute atomic E-state index is 11.2. The van der Waals surface area contributed by atoms with E-state index in [1.165, 1.54) is 36.8 Å². The van der Waals surface area contributed by atoms with Gasteiger partial charge >= 0.3 is 0 Å². The third-order valence-corrected chi connectivity index (χ3v) is 3.87. The summed E-state index contributed by atoms with van der Waals surface area (Å²) in [4.78, 5) is 11.2. The van der Waals surface area contributed by atoms with Gasteiger partial charge in [-0.05, 0) is 42.4 Å². The Morgan fingerprint density at radius 3 is 2.50 bits per heavy atom. The number of rotatable bonds is 2. The van der Waals surface area contributed by atoms with Crippen molar-refractivity contribution >= 4 is 6.29 Å². The van der Waals surface area contributed by atoms with Crippen molar-refractivity contribution in [2.45, 2.75) is 31.1 Å². The quantitative estimate of drug-likeness (QED) is 0.707. The van der Waals surface area contributed by atoms with E-state index >= 15 is 0 Å². The largest absolute Gasteiger partial charge is 0.379 e. The van der Waals surface area contributed by atoms with Crippen molar-refractivity contribution in [3.05, 3.63) is 34.9 Å². The number of fused-ring (bicyclic) bond motifs is 1. The van der Waals surface area contributed by atoms with Crippen LogP contribution in [0, 0.1) is 0 Å². The average molecular weight is 216 g/mol. The van der Waals surface area contributed by atoms with E-state index in [-0.39, 0.29) is 5.41 Å². The number of carbonyl (C=O) groups excluding carboxylic acids is 1. The van der Waals surface area contributed by atoms with Gasteiger partial charge in [-0.3, -0.25) is 0 Å². The van der Waals surface area contributed by atoms with Gasteiger partial charge < -0.3 is 9.53 Å². The summed E-state index contributed by atoms with van der Waals surface area (Å²) in [6.45, 7) is 1.10. The van der Waals surface area contributed by atoms with Crippen molar-refractivity contribution in [3.8, 4) is 0 Å². The normalized spacial score (nSPS) is 22.0. The van der Waals surface area contributed by atoms with Crippen molar-refractivity contribution in [2.24, 2.45) is 0 Å². The van der Waals surface area contributed by atoms with E-state index in [1.807, 2.05) is 0 Å². The Bertz CT molecular complexity index is 419. The molecule has 0 saturated carbocycles. The van der Waals surface area contributed by atoms with Crippen LogP contribution in [0.4, 0.5) is 0 Å². The lowest BCUT2D eigenvalue weighted by Crippen LogP contribution is -2.48. The molecule has 0 N–H and O–H groups in total. The van der Waals surface area contributed by atoms with Gasteiger partial charge in [-0.1, -0.05) is 18.2 Å². The van der Waals surface area contributed by atoms with Gasteiger partial charge in [-0.25, -0.2) is 0 Å². The minimum absolute atomic E-state index is 0.341. The van der Waals surface area contributed by atoms with E-state index in [4.69, 9.17) is 4.74 Å². The summed E-state index contributed by atoms with van der Waals surface area (Å²) in [5.74, 6) is 0. The molecule has 1 heterocycles. The van der Waals surface area contributed by atoms with Gasteiger partial charge in [0.25, 0.3) is 0 Å². The van der Waals surface area contributed by atoms with Gasteiger partial charge in [0.1, 0.15) is 6.29 Å². The SMILES string of the molecule is O=CC1(c2ccc3c(c2)CCCC3)COC1. The van der Waals surface area contributed by atoms with E-state index < -0.39 is 0 Å². The second-order valence-electron chi connectivity index (χ2n) is 4.96. The lowest BCUT2D eigenvalue weighted by molar-refractivity contribution is -0.129. The number of aryl methyl sites for hydroxylation is 2. The summed E-state index contributed by atoms with van der Waals surface area (Å²) in [5, 5.41) is 0. The summed E-state index contributed by atoms with van der Waals surface area (Å²) >= 11 is 0.